The summed E-state index contributed by atoms with van der Waals surface area (Å²) < 4.78 is 5.21. The predicted molar refractivity (Wildman–Crippen MR) is 98.8 cm³/mol. The van der Waals surface area contributed by atoms with E-state index in [0.29, 0.717) is 30.3 Å². The van der Waals surface area contributed by atoms with E-state index in [-0.39, 0.29) is 18.9 Å². The summed E-state index contributed by atoms with van der Waals surface area (Å²) in [5, 5.41) is 21.2. The topological polar surface area (TPSA) is 103 Å². The van der Waals surface area contributed by atoms with Gasteiger partial charge in [0.2, 0.25) is 0 Å². The maximum absolute atomic E-state index is 13.0. The average molecular weight is 372 g/mol. The van der Waals surface area contributed by atoms with Gasteiger partial charge in [0, 0.05) is 24.0 Å². The van der Waals surface area contributed by atoms with Crippen LogP contribution in [-0.4, -0.2) is 58.3 Å². The third kappa shape index (κ3) is 3.16. The number of carboxylic acid groups (broad SMARTS) is 1. The summed E-state index contributed by atoms with van der Waals surface area (Å²) in [6.45, 7) is 0.385. The van der Waals surface area contributed by atoms with E-state index in [4.69, 9.17) is 4.74 Å². The van der Waals surface area contributed by atoms with Crippen LogP contribution in [0.4, 0.5) is 0 Å². The number of nitrogens with zero attached hydrogens (tertiary/aromatic N) is 1. The Kier molecular flexibility index (Phi) is 4.34. The van der Waals surface area contributed by atoms with Gasteiger partial charge in [0.1, 0.15) is 16.9 Å². The van der Waals surface area contributed by atoms with Crippen molar-refractivity contribution in [1.82, 2.24) is 9.88 Å². The second kappa shape index (κ2) is 6.56. The van der Waals surface area contributed by atoms with Gasteiger partial charge in [0.25, 0.3) is 5.91 Å². The number of piperidine rings is 1. The number of nitrogens with one attached hydrogen (secondary N) is 1. The van der Waals surface area contributed by atoms with Crippen LogP contribution in [0.2, 0.25) is 0 Å². The average Bonchev–Trinajstić information content (AvgIpc) is 3.37. The molecule has 2 aliphatic rings. The SMILES string of the molecule is COc1ccc2[nH]c(C(=O)N3CC[C@H](O)[C@](CC4CC4)(C(=O)O)C3)cc2c1. The van der Waals surface area contributed by atoms with Crippen molar-refractivity contribution in [3.63, 3.8) is 0 Å². The first kappa shape index (κ1) is 17.9. The fraction of sp³-hybridized carbons (Fsp3) is 0.500. The Labute approximate surface area is 156 Å². The highest BCUT2D eigenvalue weighted by Gasteiger charge is 2.52. The van der Waals surface area contributed by atoms with E-state index >= 15 is 0 Å². The first-order valence-corrected chi connectivity index (χ1v) is 9.30. The van der Waals surface area contributed by atoms with Crippen LogP contribution in [0.1, 0.15) is 36.2 Å². The van der Waals surface area contributed by atoms with Gasteiger partial charge in [-0.2, -0.15) is 0 Å². The lowest BCUT2D eigenvalue weighted by molar-refractivity contribution is -0.163. The number of H-pyrrole nitrogens is 1. The monoisotopic (exact) mass is 372 g/mol. The number of carbonyl (C=O) groups excluding carboxylic acids is 1. The first-order valence-electron chi connectivity index (χ1n) is 9.30. The van der Waals surface area contributed by atoms with E-state index in [0.717, 1.165) is 23.7 Å². The smallest absolute Gasteiger partial charge is 0.314 e. The highest BCUT2D eigenvalue weighted by atomic mass is 16.5. The molecule has 144 valence electrons. The Bertz CT molecular complexity index is 888. The molecule has 1 amide bonds. The van der Waals surface area contributed by atoms with E-state index < -0.39 is 17.5 Å². The van der Waals surface area contributed by atoms with E-state index in [2.05, 4.69) is 4.98 Å². The molecule has 0 bridgehead atoms. The van der Waals surface area contributed by atoms with E-state index in [1.807, 2.05) is 18.2 Å². The fourth-order valence-electron chi connectivity index (χ4n) is 4.11. The maximum Gasteiger partial charge on any atom is 0.314 e. The van der Waals surface area contributed by atoms with E-state index in [9.17, 15) is 19.8 Å². The number of hydrogen-bond donors (Lipinski definition) is 3. The summed E-state index contributed by atoms with van der Waals surface area (Å²) in [5.41, 5.74) is -0.0383. The number of methoxy groups -OCH3 is 1. The molecule has 2 atom stereocenters. The number of aromatic nitrogens is 1. The van der Waals surface area contributed by atoms with Crippen molar-refractivity contribution in [3.8, 4) is 5.75 Å². The van der Waals surface area contributed by atoms with Crippen LogP contribution < -0.4 is 4.74 Å². The normalized spacial score (nSPS) is 25.6. The Hall–Kier alpha value is -2.54. The second-order valence-electron chi connectivity index (χ2n) is 7.78. The Morgan fingerprint density at radius 2 is 2.07 bits per heavy atom. The Morgan fingerprint density at radius 1 is 1.30 bits per heavy atom. The van der Waals surface area contributed by atoms with Crippen LogP contribution >= 0.6 is 0 Å². The number of aliphatic hydroxyl groups excluding tert-OH is 1. The Balaban J connectivity index is 1.60. The highest BCUT2D eigenvalue weighted by Crippen LogP contribution is 2.45. The number of aliphatic carboxylic acids is 1. The van der Waals surface area contributed by atoms with Crippen LogP contribution in [0.25, 0.3) is 10.9 Å². The third-order valence-electron chi connectivity index (χ3n) is 5.90. The molecular weight excluding hydrogens is 348 g/mol. The van der Waals surface area contributed by atoms with Gasteiger partial charge in [-0.3, -0.25) is 9.59 Å². The number of aromatic amines is 1. The number of amides is 1. The number of rotatable bonds is 5. The van der Waals surface area contributed by atoms with Gasteiger partial charge in [-0.15, -0.1) is 0 Å². The minimum Gasteiger partial charge on any atom is -0.497 e. The molecule has 4 rings (SSSR count). The molecule has 1 saturated heterocycles. The molecule has 7 heteroatoms. The van der Waals surface area contributed by atoms with Gasteiger partial charge in [0.05, 0.1) is 13.2 Å². The minimum absolute atomic E-state index is 0.0392. The van der Waals surface area contributed by atoms with Crippen LogP contribution in [0, 0.1) is 11.3 Å². The number of benzene rings is 1. The lowest BCUT2D eigenvalue weighted by Gasteiger charge is -2.43. The molecule has 0 radical (unpaired) electrons. The van der Waals surface area contributed by atoms with Crippen molar-refractivity contribution in [2.45, 2.75) is 31.8 Å². The van der Waals surface area contributed by atoms with Crippen molar-refractivity contribution in [3.05, 3.63) is 30.0 Å². The lowest BCUT2D eigenvalue weighted by Crippen LogP contribution is -2.57. The number of carboxylic acids is 1. The van der Waals surface area contributed by atoms with Gasteiger partial charge in [-0.25, -0.2) is 0 Å². The maximum atomic E-state index is 13.0. The largest absolute Gasteiger partial charge is 0.497 e. The Morgan fingerprint density at radius 3 is 2.74 bits per heavy atom. The van der Waals surface area contributed by atoms with Crippen molar-refractivity contribution < 1.29 is 24.5 Å². The van der Waals surface area contributed by atoms with Gasteiger partial charge in [0.15, 0.2) is 0 Å². The molecule has 3 N–H and O–H groups in total. The minimum atomic E-state index is -1.27. The summed E-state index contributed by atoms with van der Waals surface area (Å²) in [6, 6.07) is 7.26. The lowest BCUT2D eigenvalue weighted by atomic mass is 9.73. The van der Waals surface area contributed by atoms with Crippen LogP contribution in [0.5, 0.6) is 5.75 Å². The number of fused-ring (bicyclic) bond motifs is 1. The molecule has 1 saturated carbocycles. The molecule has 0 spiro atoms. The molecule has 7 nitrogen and oxygen atoms in total. The third-order valence-corrected chi connectivity index (χ3v) is 5.90. The summed E-state index contributed by atoms with van der Waals surface area (Å²) in [4.78, 5) is 29.7. The number of ether oxygens (including phenoxy) is 1. The van der Waals surface area contributed by atoms with Crippen LogP contribution in [-0.2, 0) is 4.79 Å². The molecule has 2 heterocycles. The van der Waals surface area contributed by atoms with Gasteiger partial charge >= 0.3 is 5.97 Å². The molecule has 1 aliphatic carbocycles. The summed E-state index contributed by atoms with van der Waals surface area (Å²) in [6.07, 6.45) is 1.78. The van der Waals surface area contributed by atoms with E-state index in [1.165, 1.54) is 0 Å². The van der Waals surface area contributed by atoms with E-state index in [1.54, 1.807) is 18.1 Å². The summed E-state index contributed by atoms with van der Waals surface area (Å²) in [7, 11) is 1.59. The molecule has 1 aliphatic heterocycles. The van der Waals surface area contributed by atoms with Gasteiger partial charge in [-0.1, -0.05) is 12.8 Å². The quantitative estimate of drug-likeness (QED) is 0.747. The standard InChI is InChI=1S/C20H24N2O5/c1-27-14-4-5-15-13(8-14)9-16(21-15)18(24)22-7-6-17(23)20(11-22,19(25)26)10-12-2-3-12/h4-5,8-9,12,17,21,23H,2-3,6-7,10-11H2,1H3,(H,25,26)/t17-,20+/m0/s1. The van der Waals surface area contributed by atoms with Gasteiger partial charge in [-0.05, 0) is 43.0 Å². The number of carbonyl (C=O) groups is 2. The van der Waals surface area contributed by atoms with Crippen LogP contribution in [0.3, 0.4) is 0 Å². The highest BCUT2D eigenvalue weighted by molar-refractivity contribution is 5.98. The fourth-order valence-corrected chi connectivity index (χ4v) is 4.11. The molecule has 1 aromatic carbocycles. The zero-order valence-electron chi connectivity index (χ0n) is 15.3. The van der Waals surface area contributed by atoms with Crippen molar-refractivity contribution in [1.29, 1.82) is 0 Å². The van der Waals surface area contributed by atoms with Crippen molar-refractivity contribution in [2.75, 3.05) is 20.2 Å². The molecule has 27 heavy (non-hydrogen) atoms. The summed E-state index contributed by atoms with van der Waals surface area (Å²) in [5.74, 6) is -0.207. The van der Waals surface area contributed by atoms with Crippen molar-refractivity contribution in [2.24, 2.45) is 11.3 Å². The number of aliphatic hydroxyl groups is 1. The molecular formula is C20H24N2O5. The molecule has 2 aromatic rings. The molecule has 0 unspecified atom stereocenters. The van der Waals surface area contributed by atoms with Crippen LogP contribution in [0.15, 0.2) is 24.3 Å². The summed E-state index contributed by atoms with van der Waals surface area (Å²) >= 11 is 0. The van der Waals surface area contributed by atoms with Crippen molar-refractivity contribution >= 4 is 22.8 Å². The van der Waals surface area contributed by atoms with Gasteiger partial charge < -0.3 is 24.8 Å². The first-order chi connectivity index (χ1) is 12.9. The zero-order chi connectivity index (χ0) is 19.2. The predicted octanol–water partition coefficient (Wildman–Crippen LogP) is 2.25. The number of hydrogen-bond acceptors (Lipinski definition) is 4. The molecule has 2 fully saturated rings. The zero-order valence-corrected chi connectivity index (χ0v) is 15.3. The molecule has 1 aromatic heterocycles. The second-order valence-corrected chi connectivity index (χ2v) is 7.78. The number of likely N-dealkylation sites (tertiary alicyclic amines) is 1.